The zero-order chi connectivity index (χ0) is 12.7. The highest BCUT2D eigenvalue weighted by Gasteiger charge is 2.06. The lowest BCUT2D eigenvalue weighted by molar-refractivity contribution is 0.196. The molecule has 17 heavy (non-hydrogen) atoms. The zero-order valence-corrected chi connectivity index (χ0v) is 11.2. The van der Waals surface area contributed by atoms with Crippen molar-refractivity contribution < 1.29 is 4.74 Å². The molecule has 0 aliphatic carbocycles. The van der Waals surface area contributed by atoms with E-state index in [0.29, 0.717) is 0 Å². The summed E-state index contributed by atoms with van der Waals surface area (Å²) in [7, 11) is 5.64. The number of ether oxygens (including phenoxy) is 1. The third kappa shape index (κ3) is 4.28. The third-order valence-corrected chi connectivity index (χ3v) is 2.62. The highest BCUT2D eigenvalue weighted by molar-refractivity contribution is 5.31. The Hall–Kier alpha value is -1.20. The van der Waals surface area contributed by atoms with Gasteiger partial charge in [-0.05, 0) is 20.4 Å². The van der Waals surface area contributed by atoms with E-state index in [4.69, 9.17) is 4.74 Å². The largest absolute Gasteiger partial charge is 0.385 e. The van der Waals surface area contributed by atoms with Gasteiger partial charge in [-0.3, -0.25) is 0 Å². The van der Waals surface area contributed by atoms with Crippen molar-refractivity contribution in [1.29, 1.82) is 0 Å². The minimum Gasteiger partial charge on any atom is -0.385 e. The van der Waals surface area contributed by atoms with Gasteiger partial charge in [-0.2, -0.15) is 0 Å². The van der Waals surface area contributed by atoms with Gasteiger partial charge in [-0.15, -0.1) is 0 Å². The molecule has 1 aromatic heterocycles. The maximum absolute atomic E-state index is 5.03. The minimum atomic E-state index is 0.765. The molecule has 0 saturated carbocycles. The number of methoxy groups -OCH3 is 1. The molecule has 0 atom stereocenters. The molecule has 1 rings (SSSR count). The highest BCUT2D eigenvalue weighted by Crippen LogP contribution is 2.10. The van der Waals surface area contributed by atoms with Gasteiger partial charge >= 0.3 is 0 Å². The first-order chi connectivity index (χ1) is 8.19. The first-order valence-electron chi connectivity index (χ1n) is 5.86. The van der Waals surface area contributed by atoms with Gasteiger partial charge in [0.2, 0.25) is 5.95 Å². The molecule has 5 nitrogen and oxygen atoms in total. The average Bonchev–Trinajstić information content (AvgIpc) is 2.32. The lowest BCUT2D eigenvalue weighted by Crippen LogP contribution is -2.22. The normalized spacial score (nSPS) is 10.6. The number of hydrogen-bond donors (Lipinski definition) is 1. The Bertz CT molecular complexity index is 343. The maximum Gasteiger partial charge on any atom is 0.225 e. The van der Waals surface area contributed by atoms with Crippen LogP contribution in [0.25, 0.3) is 0 Å². The minimum absolute atomic E-state index is 0.765. The third-order valence-electron chi connectivity index (χ3n) is 2.62. The molecule has 0 amide bonds. The van der Waals surface area contributed by atoms with Crippen LogP contribution in [0.4, 0.5) is 5.95 Å². The van der Waals surface area contributed by atoms with E-state index < -0.39 is 0 Å². The molecule has 1 aromatic rings. The van der Waals surface area contributed by atoms with Crippen LogP contribution in [-0.4, -0.2) is 44.3 Å². The first kappa shape index (κ1) is 13.9. The molecular formula is C12H22N4O. The zero-order valence-electron chi connectivity index (χ0n) is 11.2. The number of rotatable bonds is 7. The van der Waals surface area contributed by atoms with Crippen molar-refractivity contribution in [3.8, 4) is 0 Å². The number of aromatic nitrogens is 2. The Kier molecular flexibility index (Phi) is 5.86. The average molecular weight is 238 g/mol. The van der Waals surface area contributed by atoms with Gasteiger partial charge in [0.25, 0.3) is 0 Å². The summed E-state index contributed by atoms with van der Waals surface area (Å²) in [5, 5.41) is 3.11. The molecule has 0 fully saturated rings. The second kappa shape index (κ2) is 7.19. The number of aryl methyl sites for hydroxylation is 1. The van der Waals surface area contributed by atoms with Crippen LogP contribution in [0.3, 0.4) is 0 Å². The quantitative estimate of drug-likeness (QED) is 0.718. The smallest absolute Gasteiger partial charge is 0.225 e. The van der Waals surface area contributed by atoms with Gasteiger partial charge in [0, 0.05) is 51.3 Å². The SMILES string of the molecule is CNCc1cnc(N(C)CCCOC)nc1C. The predicted molar refractivity (Wildman–Crippen MR) is 69.3 cm³/mol. The van der Waals surface area contributed by atoms with E-state index in [-0.39, 0.29) is 0 Å². The monoisotopic (exact) mass is 238 g/mol. The van der Waals surface area contributed by atoms with Gasteiger partial charge < -0.3 is 15.0 Å². The fourth-order valence-electron chi connectivity index (χ4n) is 1.57. The van der Waals surface area contributed by atoms with E-state index in [1.807, 2.05) is 27.2 Å². The second-order valence-electron chi connectivity index (χ2n) is 4.08. The summed E-state index contributed by atoms with van der Waals surface area (Å²) in [4.78, 5) is 10.9. The van der Waals surface area contributed by atoms with Gasteiger partial charge in [-0.25, -0.2) is 9.97 Å². The van der Waals surface area contributed by atoms with Crippen molar-refractivity contribution in [3.63, 3.8) is 0 Å². The molecule has 5 heteroatoms. The standard InChI is InChI=1S/C12H22N4O/c1-10-11(8-13-2)9-14-12(15-10)16(3)6-5-7-17-4/h9,13H,5-8H2,1-4H3. The molecule has 0 aliphatic rings. The fourth-order valence-corrected chi connectivity index (χ4v) is 1.57. The summed E-state index contributed by atoms with van der Waals surface area (Å²) in [5.74, 6) is 0.776. The Morgan fingerprint density at radius 3 is 2.82 bits per heavy atom. The van der Waals surface area contributed by atoms with Gasteiger partial charge in [0.15, 0.2) is 0 Å². The van der Waals surface area contributed by atoms with Crippen LogP contribution in [0, 0.1) is 6.92 Å². The van der Waals surface area contributed by atoms with Crippen molar-refractivity contribution in [2.45, 2.75) is 19.9 Å². The van der Waals surface area contributed by atoms with Gasteiger partial charge in [-0.1, -0.05) is 0 Å². The Morgan fingerprint density at radius 2 is 2.24 bits per heavy atom. The van der Waals surface area contributed by atoms with Crippen LogP contribution >= 0.6 is 0 Å². The molecule has 0 saturated heterocycles. The topological polar surface area (TPSA) is 50.3 Å². The summed E-state index contributed by atoms with van der Waals surface area (Å²) in [6.07, 6.45) is 2.87. The molecule has 0 aromatic carbocycles. The van der Waals surface area contributed by atoms with Crippen LogP contribution in [0.1, 0.15) is 17.7 Å². The summed E-state index contributed by atoms with van der Waals surface area (Å²) in [6.45, 7) is 4.49. The summed E-state index contributed by atoms with van der Waals surface area (Å²) >= 11 is 0. The van der Waals surface area contributed by atoms with Crippen molar-refractivity contribution in [2.75, 3.05) is 39.3 Å². The Balaban J connectivity index is 2.62. The molecule has 96 valence electrons. The van der Waals surface area contributed by atoms with Crippen LogP contribution < -0.4 is 10.2 Å². The predicted octanol–water partition coefficient (Wildman–Crippen LogP) is 0.977. The van der Waals surface area contributed by atoms with E-state index >= 15 is 0 Å². The van der Waals surface area contributed by atoms with E-state index in [1.165, 1.54) is 0 Å². The lowest BCUT2D eigenvalue weighted by Gasteiger charge is -2.17. The van der Waals surface area contributed by atoms with Gasteiger partial charge in [0.1, 0.15) is 0 Å². The van der Waals surface area contributed by atoms with Crippen molar-refractivity contribution in [3.05, 3.63) is 17.5 Å². The fraction of sp³-hybridized carbons (Fsp3) is 0.667. The first-order valence-corrected chi connectivity index (χ1v) is 5.86. The van der Waals surface area contributed by atoms with Crippen LogP contribution in [-0.2, 0) is 11.3 Å². The van der Waals surface area contributed by atoms with Crippen LogP contribution in [0.5, 0.6) is 0 Å². The van der Waals surface area contributed by atoms with Crippen LogP contribution in [0.2, 0.25) is 0 Å². The summed E-state index contributed by atoms with van der Waals surface area (Å²) in [6, 6.07) is 0. The highest BCUT2D eigenvalue weighted by atomic mass is 16.5. The molecule has 1 heterocycles. The molecule has 0 unspecified atom stereocenters. The van der Waals surface area contributed by atoms with Crippen molar-refractivity contribution in [2.24, 2.45) is 0 Å². The number of nitrogens with zero attached hydrogens (tertiary/aromatic N) is 3. The second-order valence-corrected chi connectivity index (χ2v) is 4.08. The van der Waals surface area contributed by atoms with E-state index in [2.05, 4.69) is 20.2 Å². The molecular weight excluding hydrogens is 216 g/mol. The molecule has 0 aliphatic heterocycles. The van der Waals surface area contributed by atoms with E-state index in [9.17, 15) is 0 Å². The molecule has 0 radical (unpaired) electrons. The number of anilines is 1. The summed E-state index contributed by atoms with van der Waals surface area (Å²) < 4.78 is 5.03. The number of nitrogens with one attached hydrogen (secondary N) is 1. The Morgan fingerprint density at radius 1 is 1.47 bits per heavy atom. The van der Waals surface area contributed by atoms with Crippen molar-refractivity contribution in [1.82, 2.24) is 15.3 Å². The van der Waals surface area contributed by atoms with Crippen LogP contribution in [0.15, 0.2) is 6.20 Å². The molecule has 0 bridgehead atoms. The lowest BCUT2D eigenvalue weighted by atomic mass is 10.2. The molecule has 1 N–H and O–H groups in total. The van der Waals surface area contributed by atoms with Gasteiger partial charge in [0.05, 0.1) is 0 Å². The number of hydrogen-bond acceptors (Lipinski definition) is 5. The summed E-state index contributed by atoms with van der Waals surface area (Å²) in [5.41, 5.74) is 2.17. The van der Waals surface area contributed by atoms with E-state index in [0.717, 1.165) is 43.3 Å². The van der Waals surface area contributed by atoms with Crippen molar-refractivity contribution >= 4 is 5.95 Å². The molecule has 0 spiro atoms. The maximum atomic E-state index is 5.03. The Labute approximate surface area is 103 Å². The van der Waals surface area contributed by atoms with E-state index in [1.54, 1.807) is 7.11 Å².